The molecule has 0 unspecified atom stereocenters. The Kier molecular flexibility index (Phi) is 4.79. The maximum atomic E-state index is 11.7. The molecule has 1 aromatic rings. The summed E-state index contributed by atoms with van der Waals surface area (Å²) in [7, 11) is 1.54. The molecule has 0 spiro atoms. The number of benzene rings is 1. The van der Waals surface area contributed by atoms with Crippen molar-refractivity contribution in [2.24, 2.45) is 11.5 Å². The molecule has 0 bridgehead atoms. The third-order valence-corrected chi connectivity index (χ3v) is 2.65. The first-order valence-corrected chi connectivity index (χ1v) is 5.72. The molecule has 0 saturated carbocycles. The van der Waals surface area contributed by atoms with Crippen molar-refractivity contribution in [1.82, 2.24) is 4.90 Å². The Morgan fingerprint density at radius 2 is 1.78 bits per heavy atom. The van der Waals surface area contributed by atoms with Crippen molar-refractivity contribution in [3.05, 3.63) is 35.4 Å². The van der Waals surface area contributed by atoms with E-state index in [-0.39, 0.29) is 18.9 Å². The summed E-state index contributed by atoms with van der Waals surface area (Å²) in [5, 5.41) is 0. The second kappa shape index (κ2) is 6.11. The lowest BCUT2D eigenvalue weighted by Crippen LogP contribution is -2.36. The number of likely N-dealkylation sites (N-methyl/N-ethyl adjacent to an activating group) is 1. The van der Waals surface area contributed by atoms with Gasteiger partial charge in [0.25, 0.3) is 0 Å². The second-order valence-electron chi connectivity index (χ2n) is 3.95. The van der Waals surface area contributed by atoms with Gasteiger partial charge in [0.2, 0.25) is 11.8 Å². The molecule has 18 heavy (non-hydrogen) atoms. The SMILES string of the molecule is CN(CC(N)=O)C(=O)Cc1ccc(C(N)=S)cc1. The first kappa shape index (κ1) is 14.1. The van der Waals surface area contributed by atoms with E-state index in [9.17, 15) is 9.59 Å². The summed E-state index contributed by atoms with van der Waals surface area (Å²) in [5.41, 5.74) is 12.1. The number of primary amides is 1. The summed E-state index contributed by atoms with van der Waals surface area (Å²) in [4.78, 5) is 24.0. The molecule has 2 amide bonds. The van der Waals surface area contributed by atoms with Gasteiger partial charge in [-0.15, -0.1) is 0 Å². The molecule has 0 aliphatic carbocycles. The molecule has 0 radical (unpaired) electrons. The van der Waals surface area contributed by atoms with E-state index in [0.717, 1.165) is 11.1 Å². The van der Waals surface area contributed by atoms with Crippen molar-refractivity contribution in [2.75, 3.05) is 13.6 Å². The van der Waals surface area contributed by atoms with Gasteiger partial charge in [-0.1, -0.05) is 36.5 Å². The number of nitrogens with two attached hydrogens (primary N) is 2. The molecule has 0 saturated heterocycles. The standard InChI is InChI=1S/C12H15N3O2S/c1-15(7-10(13)16)11(17)6-8-2-4-9(5-3-8)12(14)18/h2-5H,6-7H2,1H3,(H2,13,16)(H2,14,18). The van der Waals surface area contributed by atoms with Crippen molar-refractivity contribution in [3.8, 4) is 0 Å². The van der Waals surface area contributed by atoms with E-state index in [1.165, 1.54) is 11.9 Å². The summed E-state index contributed by atoms with van der Waals surface area (Å²) >= 11 is 4.83. The highest BCUT2D eigenvalue weighted by atomic mass is 32.1. The highest BCUT2D eigenvalue weighted by Crippen LogP contribution is 2.06. The van der Waals surface area contributed by atoms with E-state index >= 15 is 0 Å². The van der Waals surface area contributed by atoms with Gasteiger partial charge in [0.15, 0.2) is 0 Å². The Morgan fingerprint density at radius 1 is 1.22 bits per heavy atom. The molecule has 5 nitrogen and oxygen atoms in total. The topological polar surface area (TPSA) is 89.4 Å². The van der Waals surface area contributed by atoms with Crippen LogP contribution in [0.15, 0.2) is 24.3 Å². The molecule has 0 aromatic heterocycles. The minimum Gasteiger partial charge on any atom is -0.389 e. The van der Waals surface area contributed by atoms with Crippen molar-refractivity contribution in [3.63, 3.8) is 0 Å². The average Bonchev–Trinajstić information content (AvgIpc) is 2.28. The average molecular weight is 265 g/mol. The number of carbonyl (C=O) groups is 2. The molecule has 6 heteroatoms. The van der Waals surface area contributed by atoms with Crippen LogP contribution in [0, 0.1) is 0 Å². The van der Waals surface area contributed by atoms with Crippen LogP contribution in [-0.2, 0) is 16.0 Å². The highest BCUT2D eigenvalue weighted by Gasteiger charge is 2.11. The molecule has 1 rings (SSSR count). The van der Waals surface area contributed by atoms with E-state index in [0.29, 0.717) is 4.99 Å². The molecular weight excluding hydrogens is 250 g/mol. The maximum Gasteiger partial charge on any atom is 0.237 e. The summed E-state index contributed by atoms with van der Waals surface area (Å²) in [6.07, 6.45) is 0.210. The van der Waals surface area contributed by atoms with Crippen LogP contribution in [0.4, 0.5) is 0 Å². The lowest BCUT2D eigenvalue weighted by Gasteiger charge is -2.15. The Bertz CT molecular complexity index is 471. The van der Waals surface area contributed by atoms with E-state index < -0.39 is 5.91 Å². The van der Waals surface area contributed by atoms with Crippen LogP contribution < -0.4 is 11.5 Å². The van der Waals surface area contributed by atoms with Crippen LogP contribution in [0.5, 0.6) is 0 Å². The first-order chi connectivity index (χ1) is 8.40. The third-order valence-electron chi connectivity index (χ3n) is 2.41. The quantitative estimate of drug-likeness (QED) is 0.722. The molecule has 0 fully saturated rings. The third kappa shape index (κ3) is 4.14. The summed E-state index contributed by atoms with van der Waals surface area (Å²) < 4.78 is 0. The second-order valence-corrected chi connectivity index (χ2v) is 4.39. The molecular formula is C12H15N3O2S. The van der Waals surface area contributed by atoms with Crippen LogP contribution >= 0.6 is 12.2 Å². The lowest BCUT2D eigenvalue weighted by molar-refractivity contribution is -0.133. The van der Waals surface area contributed by atoms with E-state index in [1.807, 2.05) is 0 Å². The Labute approximate surface area is 111 Å². The minimum atomic E-state index is -0.533. The fourth-order valence-electron chi connectivity index (χ4n) is 1.42. The molecule has 0 aliphatic rings. The smallest absolute Gasteiger partial charge is 0.237 e. The predicted molar refractivity (Wildman–Crippen MR) is 72.9 cm³/mol. The van der Waals surface area contributed by atoms with Gasteiger partial charge in [-0.05, 0) is 5.56 Å². The number of hydrogen-bond acceptors (Lipinski definition) is 3. The molecule has 0 aliphatic heterocycles. The number of rotatable bonds is 5. The zero-order valence-electron chi connectivity index (χ0n) is 10.1. The van der Waals surface area contributed by atoms with Gasteiger partial charge in [0.1, 0.15) is 4.99 Å². The Morgan fingerprint density at radius 3 is 2.22 bits per heavy atom. The van der Waals surface area contributed by atoms with Crippen LogP contribution in [0.25, 0.3) is 0 Å². The number of thiocarbonyl (C=S) groups is 1. The Balaban J connectivity index is 2.64. The van der Waals surface area contributed by atoms with Crippen LogP contribution in [0.2, 0.25) is 0 Å². The maximum absolute atomic E-state index is 11.7. The predicted octanol–water partition coefficient (Wildman–Crippen LogP) is -0.193. The van der Waals surface area contributed by atoms with Gasteiger partial charge in [0, 0.05) is 12.6 Å². The first-order valence-electron chi connectivity index (χ1n) is 5.31. The normalized spacial score (nSPS) is 9.83. The fourth-order valence-corrected chi connectivity index (χ4v) is 1.55. The number of amides is 2. The number of hydrogen-bond donors (Lipinski definition) is 2. The monoisotopic (exact) mass is 265 g/mol. The van der Waals surface area contributed by atoms with Crippen molar-refractivity contribution in [2.45, 2.75) is 6.42 Å². The molecule has 0 atom stereocenters. The van der Waals surface area contributed by atoms with Gasteiger partial charge < -0.3 is 16.4 Å². The zero-order valence-corrected chi connectivity index (χ0v) is 10.9. The largest absolute Gasteiger partial charge is 0.389 e. The van der Waals surface area contributed by atoms with Gasteiger partial charge in [-0.25, -0.2) is 0 Å². The van der Waals surface area contributed by atoms with Crippen molar-refractivity contribution in [1.29, 1.82) is 0 Å². The molecule has 96 valence electrons. The molecule has 4 N–H and O–H groups in total. The van der Waals surface area contributed by atoms with Gasteiger partial charge in [0.05, 0.1) is 13.0 Å². The van der Waals surface area contributed by atoms with E-state index in [4.69, 9.17) is 23.7 Å². The highest BCUT2D eigenvalue weighted by molar-refractivity contribution is 7.80. The fraction of sp³-hybridized carbons (Fsp3) is 0.250. The van der Waals surface area contributed by atoms with Crippen LogP contribution in [0.3, 0.4) is 0 Å². The summed E-state index contributed by atoms with van der Waals surface area (Å²) in [5.74, 6) is -0.702. The van der Waals surface area contributed by atoms with Gasteiger partial charge in [-0.2, -0.15) is 0 Å². The molecule has 0 heterocycles. The molecule has 1 aromatic carbocycles. The van der Waals surface area contributed by atoms with Crippen molar-refractivity contribution < 1.29 is 9.59 Å². The van der Waals surface area contributed by atoms with Gasteiger partial charge >= 0.3 is 0 Å². The van der Waals surface area contributed by atoms with Crippen molar-refractivity contribution >= 4 is 29.0 Å². The van der Waals surface area contributed by atoms with Gasteiger partial charge in [-0.3, -0.25) is 9.59 Å². The lowest BCUT2D eigenvalue weighted by atomic mass is 10.1. The van der Waals surface area contributed by atoms with E-state index in [1.54, 1.807) is 24.3 Å². The minimum absolute atomic E-state index is 0.0796. The number of carbonyl (C=O) groups excluding carboxylic acids is 2. The van der Waals surface area contributed by atoms with Crippen LogP contribution in [-0.4, -0.2) is 35.3 Å². The summed E-state index contributed by atoms with van der Waals surface area (Å²) in [6.45, 7) is -0.0796. The Hall–Kier alpha value is -1.95. The van der Waals surface area contributed by atoms with E-state index in [2.05, 4.69) is 0 Å². The van der Waals surface area contributed by atoms with Crippen LogP contribution in [0.1, 0.15) is 11.1 Å². The summed E-state index contributed by atoms with van der Waals surface area (Å²) in [6, 6.07) is 7.09. The zero-order chi connectivity index (χ0) is 13.7. The number of nitrogens with zero attached hydrogens (tertiary/aromatic N) is 1.